The Labute approximate surface area is 201 Å². The summed E-state index contributed by atoms with van der Waals surface area (Å²) in [7, 11) is 0. The number of rotatable bonds is 4. The summed E-state index contributed by atoms with van der Waals surface area (Å²) < 4.78 is 78.4. The molecule has 0 unspecified atom stereocenters. The highest BCUT2D eigenvalue weighted by molar-refractivity contribution is 8.18. The maximum atomic E-state index is 13.2. The van der Waals surface area contributed by atoms with Gasteiger partial charge in [-0.3, -0.25) is 19.3 Å². The number of hydrogen-bond donors (Lipinski definition) is 1. The van der Waals surface area contributed by atoms with E-state index in [0.29, 0.717) is 16.7 Å². The summed E-state index contributed by atoms with van der Waals surface area (Å²) in [6.07, 6.45) is -8.84. The maximum absolute atomic E-state index is 13.2. The van der Waals surface area contributed by atoms with Crippen LogP contribution in [0, 0.1) is 0 Å². The maximum Gasteiger partial charge on any atom is 0.418 e. The summed E-state index contributed by atoms with van der Waals surface area (Å²) in [5.41, 5.74) is -3.91. The fourth-order valence-electron chi connectivity index (χ4n) is 2.82. The summed E-state index contributed by atoms with van der Waals surface area (Å²) in [5.74, 6) is -2.27. The molecule has 0 aromatic heterocycles. The van der Waals surface area contributed by atoms with Crippen LogP contribution in [0.4, 0.5) is 36.8 Å². The standard InChI is InChI=1S/C20H10Cl2F6N2O3S/c21-12-2-1-3-13(22)10(12)7-15-17(32)30(18(33)34-15)8-16(31)29-14-6-9(19(23,24)25)4-5-11(14)20(26,27)28/h1-7H,8H2,(H,29,31)/b15-7-. The van der Waals surface area contributed by atoms with Crippen molar-refractivity contribution < 1.29 is 40.7 Å². The van der Waals surface area contributed by atoms with Gasteiger partial charge in [0.1, 0.15) is 6.54 Å². The van der Waals surface area contributed by atoms with E-state index in [1.165, 1.54) is 18.2 Å². The fraction of sp³-hybridized carbons (Fsp3) is 0.150. The number of alkyl halides is 6. The molecule has 2 aromatic carbocycles. The summed E-state index contributed by atoms with van der Waals surface area (Å²) in [5, 5.41) is 1.12. The Hall–Kier alpha value is -2.70. The first kappa shape index (κ1) is 25.9. The molecule has 1 aliphatic heterocycles. The van der Waals surface area contributed by atoms with Crippen molar-refractivity contribution in [3.63, 3.8) is 0 Å². The first-order valence-corrected chi connectivity index (χ1v) is 10.5. The molecule has 1 saturated heterocycles. The second-order valence-electron chi connectivity index (χ2n) is 6.71. The lowest BCUT2D eigenvalue weighted by Crippen LogP contribution is -2.36. The minimum Gasteiger partial charge on any atom is -0.324 e. The van der Waals surface area contributed by atoms with Crippen molar-refractivity contribution in [1.29, 1.82) is 0 Å². The molecule has 1 fully saturated rings. The van der Waals surface area contributed by atoms with Crippen molar-refractivity contribution in [3.8, 4) is 0 Å². The quantitative estimate of drug-likeness (QED) is 0.344. The van der Waals surface area contributed by atoms with Crippen molar-refractivity contribution >= 4 is 63.8 Å². The van der Waals surface area contributed by atoms with E-state index in [0.717, 1.165) is 0 Å². The number of benzene rings is 2. The van der Waals surface area contributed by atoms with Crippen LogP contribution in [0.3, 0.4) is 0 Å². The number of anilines is 1. The van der Waals surface area contributed by atoms with Crippen LogP contribution in [0.5, 0.6) is 0 Å². The van der Waals surface area contributed by atoms with Gasteiger partial charge in [-0.2, -0.15) is 26.3 Å². The van der Waals surface area contributed by atoms with E-state index in [9.17, 15) is 40.7 Å². The molecule has 34 heavy (non-hydrogen) atoms. The number of hydrogen-bond acceptors (Lipinski definition) is 4. The van der Waals surface area contributed by atoms with E-state index >= 15 is 0 Å². The molecule has 0 radical (unpaired) electrons. The largest absolute Gasteiger partial charge is 0.418 e. The Balaban J connectivity index is 1.83. The Morgan fingerprint density at radius 3 is 2.18 bits per heavy atom. The van der Waals surface area contributed by atoms with Gasteiger partial charge < -0.3 is 5.32 Å². The van der Waals surface area contributed by atoms with Crippen molar-refractivity contribution in [2.45, 2.75) is 12.4 Å². The molecule has 1 aliphatic rings. The minimum atomic E-state index is -5.08. The topological polar surface area (TPSA) is 66.5 Å². The number of nitrogens with one attached hydrogen (secondary N) is 1. The Kier molecular flexibility index (Phi) is 7.25. The number of imide groups is 1. The average molecular weight is 543 g/mol. The second-order valence-corrected chi connectivity index (χ2v) is 8.51. The summed E-state index contributed by atoms with van der Waals surface area (Å²) in [6, 6.07) is 5.01. The lowest BCUT2D eigenvalue weighted by Gasteiger charge is -2.18. The van der Waals surface area contributed by atoms with Crippen LogP contribution in [-0.4, -0.2) is 28.5 Å². The Bertz CT molecular complexity index is 1190. The number of nitrogens with zero attached hydrogens (tertiary/aromatic N) is 1. The van der Waals surface area contributed by atoms with Crippen LogP contribution in [0.25, 0.3) is 6.08 Å². The van der Waals surface area contributed by atoms with Crippen LogP contribution in [0.1, 0.15) is 16.7 Å². The van der Waals surface area contributed by atoms with Gasteiger partial charge in [-0.25, -0.2) is 0 Å². The van der Waals surface area contributed by atoms with Crippen LogP contribution in [0.15, 0.2) is 41.3 Å². The fourth-order valence-corrected chi connectivity index (χ4v) is 4.15. The third kappa shape index (κ3) is 5.68. The van der Waals surface area contributed by atoms with E-state index in [1.54, 1.807) is 11.4 Å². The van der Waals surface area contributed by atoms with E-state index in [4.69, 9.17) is 23.2 Å². The van der Waals surface area contributed by atoms with Crippen LogP contribution in [0.2, 0.25) is 10.0 Å². The molecule has 0 spiro atoms. The SMILES string of the molecule is O=C(CN1C(=O)S/C(=C\c2c(Cl)cccc2Cl)C1=O)Nc1cc(C(F)(F)F)ccc1C(F)(F)F. The highest BCUT2D eigenvalue weighted by Gasteiger charge is 2.39. The van der Waals surface area contributed by atoms with E-state index in [2.05, 4.69) is 0 Å². The summed E-state index contributed by atoms with van der Waals surface area (Å²) >= 11 is 12.5. The molecule has 1 N–H and O–H groups in total. The normalized spacial score (nSPS) is 15.9. The van der Waals surface area contributed by atoms with E-state index < -0.39 is 52.8 Å². The Morgan fingerprint density at radius 2 is 1.62 bits per heavy atom. The lowest BCUT2D eigenvalue weighted by atomic mass is 10.1. The zero-order valence-electron chi connectivity index (χ0n) is 16.4. The Morgan fingerprint density at radius 1 is 1.00 bits per heavy atom. The molecule has 0 saturated carbocycles. The molecular weight excluding hydrogens is 533 g/mol. The van der Waals surface area contributed by atoms with Crippen molar-refractivity contribution in [2.24, 2.45) is 0 Å². The van der Waals surface area contributed by atoms with Gasteiger partial charge >= 0.3 is 12.4 Å². The van der Waals surface area contributed by atoms with Crippen molar-refractivity contribution in [3.05, 3.63) is 68.0 Å². The van der Waals surface area contributed by atoms with Gasteiger partial charge in [0.05, 0.1) is 21.7 Å². The molecule has 3 rings (SSSR count). The smallest absolute Gasteiger partial charge is 0.324 e. The van der Waals surface area contributed by atoms with Crippen LogP contribution < -0.4 is 5.32 Å². The molecule has 2 aromatic rings. The summed E-state index contributed by atoms with van der Waals surface area (Å²) in [4.78, 5) is 37.3. The molecule has 3 amide bonds. The zero-order chi connectivity index (χ0) is 25.4. The molecule has 0 aliphatic carbocycles. The van der Waals surface area contributed by atoms with Crippen molar-refractivity contribution in [1.82, 2.24) is 4.90 Å². The van der Waals surface area contributed by atoms with Gasteiger partial charge in [-0.05, 0) is 48.2 Å². The first-order chi connectivity index (χ1) is 15.7. The highest BCUT2D eigenvalue weighted by Crippen LogP contribution is 2.39. The number of carbonyl (C=O) groups excluding carboxylic acids is 3. The van der Waals surface area contributed by atoms with E-state index in [1.807, 2.05) is 0 Å². The van der Waals surface area contributed by atoms with Crippen LogP contribution in [-0.2, 0) is 21.9 Å². The minimum absolute atomic E-state index is 0.119. The van der Waals surface area contributed by atoms with Gasteiger partial charge in [0.15, 0.2) is 0 Å². The third-order valence-electron chi connectivity index (χ3n) is 4.38. The molecule has 1 heterocycles. The molecule has 0 bridgehead atoms. The second kappa shape index (κ2) is 9.51. The molecular formula is C20H10Cl2F6N2O3S. The number of amides is 3. The number of carbonyl (C=O) groups is 3. The predicted molar refractivity (Wildman–Crippen MR) is 114 cm³/mol. The van der Waals surface area contributed by atoms with Gasteiger partial charge in [0.25, 0.3) is 11.1 Å². The third-order valence-corrected chi connectivity index (χ3v) is 5.94. The van der Waals surface area contributed by atoms with Crippen LogP contribution >= 0.6 is 35.0 Å². The molecule has 180 valence electrons. The van der Waals surface area contributed by atoms with Gasteiger partial charge in [-0.1, -0.05) is 29.3 Å². The van der Waals surface area contributed by atoms with Gasteiger partial charge in [0.2, 0.25) is 5.91 Å². The van der Waals surface area contributed by atoms with Gasteiger partial charge in [0, 0.05) is 15.6 Å². The van der Waals surface area contributed by atoms with Gasteiger partial charge in [-0.15, -0.1) is 0 Å². The molecule has 0 atom stereocenters. The predicted octanol–water partition coefficient (Wildman–Crippen LogP) is 6.71. The average Bonchev–Trinajstić information content (AvgIpc) is 2.96. The molecule has 5 nitrogen and oxygen atoms in total. The first-order valence-electron chi connectivity index (χ1n) is 8.96. The molecule has 14 heteroatoms. The summed E-state index contributed by atoms with van der Waals surface area (Å²) in [6.45, 7) is -1.04. The zero-order valence-corrected chi connectivity index (χ0v) is 18.7. The monoisotopic (exact) mass is 542 g/mol. The lowest BCUT2D eigenvalue weighted by molar-refractivity contribution is -0.141. The highest BCUT2D eigenvalue weighted by atomic mass is 35.5. The number of thioether (sulfide) groups is 1. The number of halogens is 8. The van der Waals surface area contributed by atoms with E-state index in [-0.39, 0.29) is 38.7 Å². The van der Waals surface area contributed by atoms with Crippen molar-refractivity contribution in [2.75, 3.05) is 11.9 Å².